The Morgan fingerprint density at radius 1 is 1.59 bits per heavy atom. The first-order valence-electron chi connectivity index (χ1n) is 5.26. The molecule has 0 bridgehead atoms. The number of hydrogen-bond acceptors (Lipinski definition) is 5. The molecule has 7 heteroatoms. The molecule has 0 aliphatic carbocycles. The van der Waals surface area contributed by atoms with E-state index in [1.54, 1.807) is 19.0 Å². The van der Waals surface area contributed by atoms with Crippen LogP contribution in [0.4, 0.5) is 11.8 Å². The first-order valence-corrected chi connectivity index (χ1v) is 5.64. The number of halogens is 1. The van der Waals surface area contributed by atoms with Gasteiger partial charge in [-0.3, -0.25) is 4.79 Å². The van der Waals surface area contributed by atoms with Gasteiger partial charge in [-0.1, -0.05) is 11.6 Å². The highest BCUT2D eigenvalue weighted by atomic mass is 35.5. The second-order valence-corrected chi connectivity index (χ2v) is 3.83. The van der Waals surface area contributed by atoms with Crippen LogP contribution in [-0.2, 0) is 4.79 Å². The van der Waals surface area contributed by atoms with Gasteiger partial charge >= 0.3 is 0 Å². The molecule has 1 amide bonds. The average Bonchev–Trinajstić information content (AvgIpc) is 2.29. The zero-order chi connectivity index (χ0) is 12.8. The number of aromatic nitrogens is 2. The van der Waals surface area contributed by atoms with Crippen LogP contribution in [0, 0.1) is 0 Å². The molecule has 1 heterocycles. The van der Waals surface area contributed by atoms with Crippen LogP contribution < -0.4 is 15.5 Å². The number of hydrogen-bond donors (Lipinski definition) is 2. The molecular formula is C10H16ClN5O. The molecule has 2 N–H and O–H groups in total. The fourth-order valence-corrected chi connectivity index (χ4v) is 1.52. The van der Waals surface area contributed by atoms with Gasteiger partial charge in [0.25, 0.3) is 0 Å². The molecule has 0 aliphatic rings. The zero-order valence-electron chi connectivity index (χ0n) is 10.1. The van der Waals surface area contributed by atoms with Gasteiger partial charge < -0.3 is 15.5 Å². The molecule has 0 fully saturated rings. The Morgan fingerprint density at radius 3 is 2.88 bits per heavy atom. The van der Waals surface area contributed by atoms with E-state index in [1.807, 2.05) is 6.92 Å². The summed E-state index contributed by atoms with van der Waals surface area (Å²) < 4.78 is 0. The molecule has 0 saturated carbocycles. The maximum atomic E-state index is 11.4. The van der Waals surface area contributed by atoms with Crippen molar-refractivity contribution in [3.63, 3.8) is 0 Å². The van der Waals surface area contributed by atoms with E-state index < -0.39 is 0 Å². The minimum absolute atomic E-state index is 0.0734. The van der Waals surface area contributed by atoms with Gasteiger partial charge in [-0.2, -0.15) is 4.98 Å². The van der Waals surface area contributed by atoms with Crippen molar-refractivity contribution >= 4 is 29.3 Å². The Hall–Kier alpha value is -1.56. The maximum Gasteiger partial charge on any atom is 0.239 e. The molecule has 6 nitrogen and oxygen atoms in total. The Balaban J connectivity index is 2.80. The molecule has 0 saturated heterocycles. The number of anilines is 2. The number of nitrogens with one attached hydrogen (secondary N) is 2. The van der Waals surface area contributed by atoms with E-state index in [1.165, 1.54) is 6.20 Å². The van der Waals surface area contributed by atoms with Crippen LogP contribution in [-0.4, -0.2) is 43.1 Å². The van der Waals surface area contributed by atoms with Gasteiger partial charge in [-0.15, -0.1) is 0 Å². The molecule has 94 valence electrons. The van der Waals surface area contributed by atoms with Crippen molar-refractivity contribution in [1.29, 1.82) is 0 Å². The summed E-state index contributed by atoms with van der Waals surface area (Å²) in [5.41, 5.74) is 0. The lowest BCUT2D eigenvalue weighted by atomic mass is 10.4. The Bertz CT molecular complexity index is 398. The SMILES string of the molecule is CCNC(=O)CN(C)c1nc(NC)ncc1Cl. The van der Waals surface area contributed by atoms with Crippen LogP contribution in [0.1, 0.15) is 6.92 Å². The molecule has 1 aromatic heterocycles. The van der Waals surface area contributed by atoms with Gasteiger partial charge in [0.05, 0.1) is 12.7 Å². The molecular weight excluding hydrogens is 242 g/mol. The Morgan fingerprint density at radius 2 is 2.29 bits per heavy atom. The lowest BCUT2D eigenvalue weighted by Gasteiger charge is -2.18. The zero-order valence-corrected chi connectivity index (χ0v) is 10.9. The smallest absolute Gasteiger partial charge is 0.239 e. The molecule has 17 heavy (non-hydrogen) atoms. The number of amides is 1. The summed E-state index contributed by atoms with van der Waals surface area (Å²) in [5, 5.41) is 5.94. The predicted molar refractivity (Wildman–Crippen MR) is 68.5 cm³/mol. The van der Waals surface area contributed by atoms with Crippen LogP contribution in [0.5, 0.6) is 0 Å². The standard InChI is InChI=1S/C10H16ClN5O/c1-4-13-8(17)6-16(3)9-7(11)5-14-10(12-2)15-9/h5H,4,6H2,1-3H3,(H,13,17)(H,12,14,15). The summed E-state index contributed by atoms with van der Waals surface area (Å²) in [6.45, 7) is 2.67. The van der Waals surface area contributed by atoms with Crippen molar-refractivity contribution in [2.24, 2.45) is 0 Å². The molecule has 0 atom stereocenters. The molecule has 0 unspecified atom stereocenters. The minimum atomic E-state index is -0.0734. The van der Waals surface area contributed by atoms with E-state index in [-0.39, 0.29) is 12.5 Å². The molecule has 1 rings (SSSR count). The van der Waals surface area contributed by atoms with Gasteiger partial charge in [-0.25, -0.2) is 4.98 Å². The third-order valence-corrected chi connectivity index (χ3v) is 2.33. The molecule has 0 spiro atoms. The normalized spacial score (nSPS) is 9.88. The Labute approximate surface area is 105 Å². The highest BCUT2D eigenvalue weighted by Crippen LogP contribution is 2.22. The van der Waals surface area contributed by atoms with E-state index in [0.29, 0.717) is 23.3 Å². The summed E-state index contributed by atoms with van der Waals surface area (Å²) in [4.78, 5) is 21.3. The van der Waals surface area contributed by atoms with Crippen LogP contribution in [0.25, 0.3) is 0 Å². The number of rotatable bonds is 5. The van der Waals surface area contributed by atoms with Crippen molar-refractivity contribution in [1.82, 2.24) is 15.3 Å². The molecule has 0 radical (unpaired) electrons. The summed E-state index contributed by atoms with van der Waals surface area (Å²) in [6, 6.07) is 0. The van der Waals surface area contributed by atoms with Gasteiger partial charge in [0, 0.05) is 20.6 Å². The van der Waals surface area contributed by atoms with Crippen LogP contribution >= 0.6 is 11.6 Å². The quantitative estimate of drug-likeness (QED) is 0.814. The van der Waals surface area contributed by atoms with Crippen LogP contribution in [0.2, 0.25) is 5.02 Å². The van der Waals surface area contributed by atoms with Crippen molar-refractivity contribution in [3.05, 3.63) is 11.2 Å². The number of likely N-dealkylation sites (N-methyl/N-ethyl adjacent to an activating group) is 2. The van der Waals surface area contributed by atoms with E-state index in [2.05, 4.69) is 20.6 Å². The summed E-state index contributed by atoms with van der Waals surface area (Å²) in [5.74, 6) is 0.917. The third-order valence-electron chi connectivity index (χ3n) is 2.07. The largest absolute Gasteiger partial charge is 0.357 e. The number of nitrogens with zero attached hydrogens (tertiary/aromatic N) is 3. The highest BCUT2D eigenvalue weighted by Gasteiger charge is 2.12. The van der Waals surface area contributed by atoms with Gasteiger partial charge in [-0.05, 0) is 6.92 Å². The van der Waals surface area contributed by atoms with Crippen LogP contribution in [0.15, 0.2) is 6.20 Å². The third kappa shape index (κ3) is 3.74. The van der Waals surface area contributed by atoms with Crippen LogP contribution in [0.3, 0.4) is 0 Å². The predicted octanol–water partition coefficient (Wildman–Crippen LogP) is 0.744. The second kappa shape index (κ2) is 6.24. The van der Waals surface area contributed by atoms with Crippen molar-refractivity contribution in [3.8, 4) is 0 Å². The summed E-state index contributed by atoms with van der Waals surface area (Å²) in [7, 11) is 3.47. The first kappa shape index (κ1) is 13.5. The van der Waals surface area contributed by atoms with Crippen molar-refractivity contribution in [2.45, 2.75) is 6.92 Å². The lowest BCUT2D eigenvalue weighted by molar-refractivity contribution is -0.119. The summed E-state index contributed by atoms with van der Waals surface area (Å²) >= 11 is 5.98. The van der Waals surface area contributed by atoms with Gasteiger partial charge in [0.1, 0.15) is 5.02 Å². The van der Waals surface area contributed by atoms with E-state index in [4.69, 9.17) is 11.6 Å². The monoisotopic (exact) mass is 257 g/mol. The van der Waals surface area contributed by atoms with Gasteiger partial charge in [0.15, 0.2) is 5.82 Å². The first-order chi connectivity index (χ1) is 8.08. The maximum absolute atomic E-state index is 11.4. The average molecular weight is 258 g/mol. The van der Waals surface area contributed by atoms with E-state index in [0.717, 1.165) is 0 Å². The van der Waals surface area contributed by atoms with Crippen molar-refractivity contribution in [2.75, 3.05) is 37.4 Å². The molecule has 0 aromatic carbocycles. The highest BCUT2D eigenvalue weighted by molar-refractivity contribution is 6.32. The number of carbonyl (C=O) groups excluding carboxylic acids is 1. The van der Waals surface area contributed by atoms with Crippen molar-refractivity contribution < 1.29 is 4.79 Å². The lowest BCUT2D eigenvalue weighted by Crippen LogP contribution is -2.35. The Kier molecular flexibility index (Phi) is 4.96. The number of carbonyl (C=O) groups is 1. The van der Waals surface area contributed by atoms with E-state index in [9.17, 15) is 4.79 Å². The van der Waals surface area contributed by atoms with Gasteiger partial charge in [0.2, 0.25) is 11.9 Å². The van der Waals surface area contributed by atoms with E-state index >= 15 is 0 Å². The fraction of sp³-hybridized carbons (Fsp3) is 0.500. The topological polar surface area (TPSA) is 70.2 Å². The second-order valence-electron chi connectivity index (χ2n) is 3.42. The molecule has 1 aromatic rings. The summed E-state index contributed by atoms with van der Waals surface area (Å²) in [6.07, 6.45) is 1.50. The fourth-order valence-electron chi connectivity index (χ4n) is 1.29. The molecule has 0 aliphatic heterocycles. The minimum Gasteiger partial charge on any atom is -0.357 e.